The van der Waals surface area contributed by atoms with E-state index in [-0.39, 0.29) is 0 Å². The van der Waals surface area contributed by atoms with Crippen LogP contribution in [0, 0.1) is 0 Å². The molecule has 0 aromatic heterocycles. The summed E-state index contributed by atoms with van der Waals surface area (Å²) in [6.07, 6.45) is 13.0. The fourth-order valence-electron chi connectivity index (χ4n) is 3.70. The molecule has 1 aliphatic carbocycles. The molecular weight excluding hydrogens is 208 g/mol. The summed E-state index contributed by atoms with van der Waals surface area (Å²) >= 11 is 0. The molecule has 17 heavy (non-hydrogen) atoms. The van der Waals surface area contributed by atoms with Gasteiger partial charge in [-0.1, -0.05) is 39.0 Å². The van der Waals surface area contributed by atoms with Gasteiger partial charge >= 0.3 is 0 Å². The molecule has 1 aliphatic heterocycles. The highest BCUT2D eigenvalue weighted by molar-refractivity contribution is 4.83. The standard InChI is InChI=1S/C15H30N2/c1-2-17(15-11-8-12-16-13-15)14-9-6-4-3-5-7-10-14/h14-16H,2-13H2,1H3. The van der Waals surface area contributed by atoms with E-state index in [1.54, 1.807) is 0 Å². The minimum atomic E-state index is 0.818. The van der Waals surface area contributed by atoms with Crippen molar-refractivity contribution in [2.24, 2.45) is 0 Å². The minimum Gasteiger partial charge on any atom is -0.315 e. The fraction of sp³-hybridized carbons (Fsp3) is 1.00. The van der Waals surface area contributed by atoms with E-state index in [0.29, 0.717) is 0 Å². The Bertz CT molecular complexity index is 191. The van der Waals surface area contributed by atoms with Crippen molar-refractivity contribution in [3.05, 3.63) is 0 Å². The van der Waals surface area contributed by atoms with E-state index in [1.165, 1.54) is 77.4 Å². The first kappa shape index (κ1) is 13.4. The van der Waals surface area contributed by atoms with Crippen molar-refractivity contribution in [1.29, 1.82) is 0 Å². The Hall–Kier alpha value is -0.0800. The molecule has 1 atom stereocenters. The maximum Gasteiger partial charge on any atom is 0.0223 e. The molecule has 1 heterocycles. The quantitative estimate of drug-likeness (QED) is 0.812. The van der Waals surface area contributed by atoms with Crippen LogP contribution in [0.5, 0.6) is 0 Å². The van der Waals surface area contributed by atoms with Gasteiger partial charge in [-0.05, 0) is 38.8 Å². The summed E-state index contributed by atoms with van der Waals surface area (Å²) in [6, 6.07) is 1.70. The van der Waals surface area contributed by atoms with Gasteiger partial charge in [-0.15, -0.1) is 0 Å². The van der Waals surface area contributed by atoms with E-state index in [4.69, 9.17) is 0 Å². The van der Waals surface area contributed by atoms with Gasteiger partial charge in [0.1, 0.15) is 0 Å². The van der Waals surface area contributed by atoms with Gasteiger partial charge in [-0.25, -0.2) is 0 Å². The second-order valence-corrected chi connectivity index (χ2v) is 5.83. The molecule has 0 spiro atoms. The van der Waals surface area contributed by atoms with Gasteiger partial charge in [-0.3, -0.25) is 4.90 Å². The number of likely N-dealkylation sites (N-methyl/N-ethyl adjacent to an activating group) is 1. The highest BCUT2D eigenvalue weighted by Gasteiger charge is 2.26. The number of hydrogen-bond donors (Lipinski definition) is 1. The molecule has 2 heteroatoms. The van der Waals surface area contributed by atoms with Crippen LogP contribution >= 0.6 is 0 Å². The van der Waals surface area contributed by atoms with Crippen molar-refractivity contribution in [2.45, 2.75) is 76.8 Å². The summed E-state index contributed by atoms with van der Waals surface area (Å²) in [4.78, 5) is 2.82. The second-order valence-electron chi connectivity index (χ2n) is 5.83. The fourth-order valence-corrected chi connectivity index (χ4v) is 3.70. The Kier molecular flexibility index (Phi) is 5.79. The average molecular weight is 238 g/mol. The van der Waals surface area contributed by atoms with Crippen LogP contribution in [0.4, 0.5) is 0 Å². The maximum absolute atomic E-state index is 3.58. The van der Waals surface area contributed by atoms with Gasteiger partial charge in [0, 0.05) is 18.6 Å². The number of rotatable bonds is 3. The van der Waals surface area contributed by atoms with Crippen molar-refractivity contribution >= 4 is 0 Å². The zero-order valence-electron chi connectivity index (χ0n) is 11.6. The minimum absolute atomic E-state index is 0.818. The molecule has 1 N–H and O–H groups in total. The molecule has 1 unspecified atom stereocenters. The van der Waals surface area contributed by atoms with Crippen molar-refractivity contribution < 1.29 is 0 Å². The van der Waals surface area contributed by atoms with E-state index in [2.05, 4.69) is 17.1 Å². The van der Waals surface area contributed by atoms with Crippen molar-refractivity contribution in [2.75, 3.05) is 19.6 Å². The predicted molar refractivity (Wildman–Crippen MR) is 74.4 cm³/mol. The lowest BCUT2D eigenvalue weighted by Gasteiger charge is -2.40. The smallest absolute Gasteiger partial charge is 0.0223 e. The Morgan fingerprint density at radius 2 is 1.53 bits per heavy atom. The third-order valence-electron chi connectivity index (χ3n) is 4.65. The zero-order chi connectivity index (χ0) is 11.9. The SMILES string of the molecule is CCN(C1CCCCCCC1)C1CCCNC1. The lowest BCUT2D eigenvalue weighted by Crippen LogP contribution is -2.50. The summed E-state index contributed by atoms with van der Waals surface area (Å²) in [5, 5.41) is 3.58. The first-order valence-corrected chi connectivity index (χ1v) is 7.88. The molecule has 0 aromatic carbocycles. The number of nitrogens with one attached hydrogen (secondary N) is 1. The summed E-state index contributed by atoms with van der Waals surface area (Å²) in [7, 11) is 0. The van der Waals surface area contributed by atoms with E-state index < -0.39 is 0 Å². The zero-order valence-corrected chi connectivity index (χ0v) is 11.6. The van der Waals surface area contributed by atoms with Crippen LogP contribution in [-0.2, 0) is 0 Å². The van der Waals surface area contributed by atoms with Crippen molar-refractivity contribution in [3.8, 4) is 0 Å². The summed E-state index contributed by atoms with van der Waals surface area (Å²) < 4.78 is 0. The Balaban J connectivity index is 1.89. The molecule has 1 saturated carbocycles. The molecule has 0 amide bonds. The molecule has 2 fully saturated rings. The van der Waals surface area contributed by atoms with Gasteiger partial charge in [0.15, 0.2) is 0 Å². The molecule has 0 aromatic rings. The van der Waals surface area contributed by atoms with Gasteiger partial charge in [0.2, 0.25) is 0 Å². The van der Waals surface area contributed by atoms with E-state index >= 15 is 0 Å². The molecule has 2 aliphatic rings. The molecule has 0 bridgehead atoms. The summed E-state index contributed by atoms with van der Waals surface area (Å²) in [6.45, 7) is 6.06. The van der Waals surface area contributed by atoms with Crippen LogP contribution in [0.15, 0.2) is 0 Å². The third-order valence-corrected chi connectivity index (χ3v) is 4.65. The van der Waals surface area contributed by atoms with Gasteiger partial charge in [-0.2, -0.15) is 0 Å². The van der Waals surface area contributed by atoms with Crippen molar-refractivity contribution in [1.82, 2.24) is 10.2 Å². The van der Waals surface area contributed by atoms with Crippen LogP contribution in [-0.4, -0.2) is 36.6 Å². The predicted octanol–water partition coefficient (Wildman–Crippen LogP) is 3.17. The maximum atomic E-state index is 3.58. The van der Waals surface area contributed by atoms with Crippen LogP contribution in [0.2, 0.25) is 0 Å². The van der Waals surface area contributed by atoms with E-state index in [0.717, 1.165) is 12.1 Å². The third kappa shape index (κ3) is 3.96. The van der Waals surface area contributed by atoms with Crippen LogP contribution in [0.25, 0.3) is 0 Å². The lowest BCUT2D eigenvalue weighted by atomic mass is 9.93. The first-order chi connectivity index (χ1) is 8.42. The Labute approximate surface area is 107 Å². The molecule has 2 rings (SSSR count). The monoisotopic (exact) mass is 238 g/mol. The first-order valence-electron chi connectivity index (χ1n) is 7.88. The highest BCUT2D eigenvalue weighted by atomic mass is 15.2. The molecular formula is C15H30N2. The highest BCUT2D eigenvalue weighted by Crippen LogP contribution is 2.24. The number of hydrogen-bond acceptors (Lipinski definition) is 2. The topological polar surface area (TPSA) is 15.3 Å². The van der Waals surface area contributed by atoms with E-state index in [9.17, 15) is 0 Å². The summed E-state index contributed by atoms with van der Waals surface area (Å²) in [5.41, 5.74) is 0. The van der Waals surface area contributed by atoms with Crippen LogP contribution in [0.1, 0.15) is 64.7 Å². The second kappa shape index (κ2) is 7.38. The van der Waals surface area contributed by atoms with Gasteiger partial charge in [0.05, 0.1) is 0 Å². The van der Waals surface area contributed by atoms with Crippen molar-refractivity contribution in [3.63, 3.8) is 0 Å². The van der Waals surface area contributed by atoms with E-state index in [1.807, 2.05) is 0 Å². The number of piperidine rings is 1. The largest absolute Gasteiger partial charge is 0.315 e. The van der Waals surface area contributed by atoms with Crippen LogP contribution < -0.4 is 5.32 Å². The number of nitrogens with zero attached hydrogens (tertiary/aromatic N) is 1. The normalized spacial score (nSPS) is 28.9. The molecule has 100 valence electrons. The Morgan fingerprint density at radius 3 is 2.12 bits per heavy atom. The van der Waals surface area contributed by atoms with Crippen LogP contribution in [0.3, 0.4) is 0 Å². The Morgan fingerprint density at radius 1 is 0.882 bits per heavy atom. The summed E-state index contributed by atoms with van der Waals surface area (Å²) in [5.74, 6) is 0. The van der Waals surface area contributed by atoms with Gasteiger partial charge < -0.3 is 5.32 Å². The molecule has 1 saturated heterocycles. The van der Waals surface area contributed by atoms with Gasteiger partial charge in [0.25, 0.3) is 0 Å². The molecule has 2 nitrogen and oxygen atoms in total. The average Bonchev–Trinajstić information content (AvgIpc) is 2.34. The lowest BCUT2D eigenvalue weighted by molar-refractivity contribution is 0.100. The molecule has 0 radical (unpaired) electrons.